The lowest BCUT2D eigenvalue weighted by molar-refractivity contribution is 0.506. The normalized spacial score (nSPS) is 12.8. The average molecular weight is 179 g/mol. The van der Waals surface area contributed by atoms with Gasteiger partial charge in [0, 0.05) is 12.2 Å². The summed E-state index contributed by atoms with van der Waals surface area (Å²) in [6, 6.07) is 2.35. The summed E-state index contributed by atoms with van der Waals surface area (Å²) >= 11 is 0. The summed E-state index contributed by atoms with van der Waals surface area (Å²) in [6.07, 6.45) is 5.61. The Hall–Kier alpha value is -0.960. The topological polar surface area (TPSA) is 37.8 Å². The van der Waals surface area contributed by atoms with Gasteiger partial charge < -0.3 is 5.32 Å². The molecule has 0 amide bonds. The molecule has 1 aromatic rings. The summed E-state index contributed by atoms with van der Waals surface area (Å²) in [6.45, 7) is 5.37. The molecule has 1 unspecified atom stereocenters. The first kappa shape index (κ1) is 10.1. The van der Waals surface area contributed by atoms with Crippen molar-refractivity contribution in [2.24, 2.45) is 0 Å². The number of rotatable bonds is 5. The molecule has 3 heteroatoms. The fraction of sp³-hybridized carbons (Fsp3) is 0.600. The van der Waals surface area contributed by atoms with Crippen molar-refractivity contribution in [2.75, 3.05) is 6.54 Å². The van der Waals surface area contributed by atoms with Crippen LogP contribution in [0.4, 0.5) is 0 Å². The number of aromatic nitrogens is 2. The van der Waals surface area contributed by atoms with Crippen LogP contribution < -0.4 is 5.32 Å². The standard InChI is InChI=1S/C10H17N3/c1-3-6-12-9(4-2)10-5-7-11-8-13-10/h5,7-9,12H,3-4,6H2,1-2H3. The first-order valence-corrected chi connectivity index (χ1v) is 4.87. The zero-order valence-electron chi connectivity index (χ0n) is 8.33. The minimum Gasteiger partial charge on any atom is -0.309 e. The van der Waals surface area contributed by atoms with E-state index in [9.17, 15) is 0 Å². The van der Waals surface area contributed by atoms with E-state index in [0.29, 0.717) is 6.04 Å². The second kappa shape index (κ2) is 5.65. The monoisotopic (exact) mass is 179 g/mol. The number of nitrogens with zero attached hydrogens (tertiary/aromatic N) is 2. The highest BCUT2D eigenvalue weighted by molar-refractivity contribution is 5.04. The van der Waals surface area contributed by atoms with Crippen molar-refractivity contribution in [3.8, 4) is 0 Å². The third-order valence-electron chi connectivity index (χ3n) is 2.01. The van der Waals surface area contributed by atoms with E-state index in [-0.39, 0.29) is 0 Å². The van der Waals surface area contributed by atoms with Gasteiger partial charge >= 0.3 is 0 Å². The van der Waals surface area contributed by atoms with Crippen LogP contribution in [0.3, 0.4) is 0 Å². The largest absolute Gasteiger partial charge is 0.309 e. The summed E-state index contributed by atoms with van der Waals surface area (Å²) in [5.74, 6) is 0. The van der Waals surface area contributed by atoms with Crippen LogP contribution in [0.2, 0.25) is 0 Å². The summed E-state index contributed by atoms with van der Waals surface area (Å²) < 4.78 is 0. The minimum atomic E-state index is 0.378. The summed E-state index contributed by atoms with van der Waals surface area (Å²) in [5.41, 5.74) is 1.09. The van der Waals surface area contributed by atoms with Gasteiger partial charge in [-0.2, -0.15) is 0 Å². The SMILES string of the molecule is CCCNC(CC)c1ccncn1. The van der Waals surface area contributed by atoms with Crippen LogP contribution >= 0.6 is 0 Å². The molecule has 1 heterocycles. The van der Waals surface area contributed by atoms with Crippen LogP contribution in [0.5, 0.6) is 0 Å². The Morgan fingerprint density at radius 2 is 2.31 bits per heavy atom. The van der Waals surface area contributed by atoms with Crippen LogP contribution in [-0.2, 0) is 0 Å². The van der Waals surface area contributed by atoms with E-state index < -0.39 is 0 Å². The van der Waals surface area contributed by atoms with Gasteiger partial charge in [-0.15, -0.1) is 0 Å². The maximum atomic E-state index is 4.23. The van der Waals surface area contributed by atoms with Crippen LogP contribution in [-0.4, -0.2) is 16.5 Å². The molecular weight excluding hydrogens is 162 g/mol. The van der Waals surface area contributed by atoms with E-state index in [2.05, 4.69) is 29.1 Å². The fourth-order valence-electron chi connectivity index (χ4n) is 1.28. The first-order chi connectivity index (χ1) is 6.38. The van der Waals surface area contributed by atoms with E-state index in [0.717, 1.165) is 25.1 Å². The number of nitrogens with one attached hydrogen (secondary N) is 1. The predicted molar refractivity (Wildman–Crippen MR) is 53.4 cm³/mol. The lowest BCUT2D eigenvalue weighted by Gasteiger charge is -2.15. The molecule has 1 rings (SSSR count). The zero-order chi connectivity index (χ0) is 9.52. The Labute approximate surface area is 79.6 Å². The number of hydrogen-bond acceptors (Lipinski definition) is 3. The lowest BCUT2D eigenvalue weighted by Crippen LogP contribution is -2.22. The van der Waals surface area contributed by atoms with Crippen LogP contribution in [0, 0.1) is 0 Å². The molecule has 1 N–H and O–H groups in total. The van der Waals surface area contributed by atoms with E-state index in [1.165, 1.54) is 0 Å². The molecular formula is C10H17N3. The maximum absolute atomic E-state index is 4.23. The van der Waals surface area contributed by atoms with E-state index in [4.69, 9.17) is 0 Å². The molecule has 0 aliphatic rings. The molecule has 72 valence electrons. The van der Waals surface area contributed by atoms with Gasteiger partial charge in [-0.3, -0.25) is 0 Å². The van der Waals surface area contributed by atoms with Gasteiger partial charge in [-0.05, 0) is 25.5 Å². The van der Waals surface area contributed by atoms with Crippen molar-refractivity contribution in [2.45, 2.75) is 32.7 Å². The molecule has 0 aromatic carbocycles. The van der Waals surface area contributed by atoms with Gasteiger partial charge in [0.2, 0.25) is 0 Å². The Bertz CT molecular complexity index is 223. The summed E-state index contributed by atoms with van der Waals surface area (Å²) in [4.78, 5) is 8.13. The Balaban J connectivity index is 2.56. The van der Waals surface area contributed by atoms with Gasteiger partial charge in [-0.25, -0.2) is 9.97 Å². The summed E-state index contributed by atoms with van der Waals surface area (Å²) in [5, 5.41) is 3.45. The van der Waals surface area contributed by atoms with Crippen molar-refractivity contribution in [3.63, 3.8) is 0 Å². The smallest absolute Gasteiger partial charge is 0.115 e. The Morgan fingerprint density at radius 1 is 1.46 bits per heavy atom. The Morgan fingerprint density at radius 3 is 2.85 bits per heavy atom. The highest BCUT2D eigenvalue weighted by Crippen LogP contribution is 2.11. The van der Waals surface area contributed by atoms with Crippen LogP contribution in [0.25, 0.3) is 0 Å². The predicted octanol–water partition coefficient (Wildman–Crippen LogP) is 1.93. The highest BCUT2D eigenvalue weighted by atomic mass is 14.9. The highest BCUT2D eigenvalue weighted by Gasteiger charge is 2.07. The van der Waals surface area contributed by atoms with Crippen LogP contribution in [0.1, 0.15) is 38.4 Å². The maximum Gasteiger partial charge on any atom is 0.115 e. The van der Waals surface area contributed by atoms with Gasteiger partial charge in [-0.1, -0.05) is 13.8 Å². The molecule has 0 fully saturated rings. The van der Waals surface area contributed by atoms with Crippen molar-refractivity contribution in [1.29, 1.82) is 0 Å². The van der Waals surface area contributed by atoms with Crippen molar-refractivity contribution in [3.05, 3.63) is 24.3 Å². The molecule has 0 saturated heterocycles. The molecule has 3 nitrogen and oxygen atoms in total. The van der Waals surface area contributed by atoms with E-state index in [1.54, 1.807) is 12.5 Å². The summed E-state index contributed by atoms with van der Waals surface area (Å²) in [7, 11) is 0. The van der Waals surface area contributed by atoms with Gasteiger partial charge in [0.1, 0.15) is 6.33 Å². The lowest BCUT2D eigenvalue weighted by atomic mass is 10.1. The Kier molecular flexibility index (Phi) is 4.40. The molecule has 1 aromatic heterocycles. The van der Waals surface area contributed by atoms with Crippen LogP contribution in [0.15, 0.2) is 18.6 Å². The molecule has 1 atom stereocenters. The van der Waals surface area contributed by atoms with Gasteiger partial charge in [0.05, 0.1) is 5.69 Å². The van der Waals surface area contributed by atoms with E-state index >= 15 is 0 Å². The molecule has 0 spiro atoms. The fourth-order valence-corrected chi connectivity index (χ4v) is 1.28. The number of hydrogen-bond donors (Lipinski definition) is 1. The quantitative estimate of drug-likeness (QED) is 0.750. The van der Waals surface area contributed by atoms with Crippen molar-refractivity contribution >= 4 is 0 Å². The molecule has 0 saturated carbocycles. The second-order valence-electron chi connectivity index (χ2n) is 3.05. The molecule has 13 heavy (non-hydrogen) atoms. The second-order valence-corrected chi connectivity index (χ2v) is 3.05. The first-order valence-electron chi connectivity index (χ1n) is 4.87. The minimum absolute atomic E-state index is 0.378. The average Bonchev–Trinajstić information content (AvgIpc) is 2.21. The third-order valence-corrected chi connectivity index (χ3v) is 2.01. The molecule has 0 aliphatic heterocycles. The van der Waals surface area contributed by atoms with Crippen molar-refractivity contribution in [1.82, 2.24) is 15.3 Å². The van der Waals surface area contributed by atoms with Gasteiger partial charge in [0.25, 0.3) is 0 Å². The van der Waals surface area contributed by atoms with Gasteiger partial charge in [0.15, 0.2) is 0 Å². The molecule has 0 aliphatic carbocycles. The van der Waals surface area contributed by atoms with E-state index in [1.807, 2.05) is 6.07 Å². The zero-order valence-corrected chi connectivity index (χ0v) is 8.33. The molecule has 0 radical (unpaired) electrons. The van der Waals surface area contributed by atoms with Crippen molar-refractivity contribution < 1.29 is 0 Å². The molecule has 0 bridgehead atoms. The third kappa shape index (κ3) is 3.11.